The number of carbonyl (C=O) groups excluding carboxylic acids is 1. The number of rotatable bonds is 3. The first-order valence-corrected chi connectivity index (χ1v) is 7.62. The van der Waals surface area contributed by atoms with Crippen molar-refractivity contribution < 1.29 is 4.79 Å². The summed E-state index contributed by atoms with van der Waals surface area (Å²) in [7, 11) is 0. The van der Waals surface area contributed by atoms with Gasteiger partial charge in [0, 0.05) is 28.2 Å². The molecule has 2 N–H and O–H groups in total. The molecule has 1 fully saturated rings. The number of nitrogens with one attached hydrogen (secondary N) is 2. The second-order valence-corrected chi connectivity index (χ2v) is 6.84. The summed E-state index contributed by atoms with van der Waals surface area (Å²) in [5.41, 5.74) is 0.688. The van der Waals surface area contributed by atoms with Gasteiger partial charge in [0.05, 0.1) is 0 Å². The van der Waals surface area contributed by atoms with Crippen LogP contribution in [0.2, 0.25) is 10.0 Å². The van der Waals surface area contributed by atoms with Crippen LogP contribution in [0, 0.1) is 5.41 Å². The molecule has 0 bridgehead atoms. The van der Waals surface area contributed by atoms with E-state index in [2.05, 4.69) is 24.5 Å². The van der Waals surface area contributed by atoms with E-state index >= 15 is 0 Å². The van der Waals surface area contributed by atoms with Gasteiger partial charge in [-0.1, -0.05) is 37.0 Å². The summed E-state index contributed by atoms with van der Waals surface area (Å²) in [4.78, 5) is 12.1. The van der Waals surface area contributed by atoms with Gasteiger partial charge in [-0.2, -0.15) is 0 Å². The molecule has 3 nitrogen and oxygen atoms in total. The number of hydrogen-bond acceptors (Lipinski definition) is 2. The fourth-order valence-electron chi connectivity index (χ4n) is 2.60. The number of halogens is 2. The first-order valence-electron chi connectivity index (χ1n) is 6.86. The highest BCUT2D eigenvalue weighted by Crippen LogP contribution is 2.29. The average molecular weight is 315 g/mol. The number of carbonyl (C=O) groups is 1. The first kappa shape index (κ1) is 15.6. The second kappa shape index (κ2) is 6.33. The molecule has 1 saturated heterocycles. The Morgan fingerprint density at radius 3 is 2.60 bits per heavy atom. The molecule has 110 valence electrons. The van der Waals surface area contributed by atoms with Crippen molar-refractivity contribution in [3.8, 4) is 0 Å². The normalized spacial score (nSPS) is 21.5. The summed E-state index contributed by atoms with van der Waals surface area (Å²) < 4.78 is 0. The molecular weight excluding hydrogens is 295 g/mol. The third kappa shape index (κ3) is 3.87. The van der Waals surface area contributed by atoms with Crippen molar-refractivity contribution in [3.63, 3.8) is 0 Å². The van der Waals surface area contributed by atoms with Crippen molar-refractivity contribution >= 4 is 29.1 Å². The number of amides is 1. The molecule has 5 heteroatoms. The van der Waals surface area contributed by atoms with Crippen LogP contribution in [0.4, 0.5) is 0 Å². The second-order valence-electron chi connectivity index (χ2n) is 5.97. The molecule has 1 aliphatic heterocycles. The van der Waals surface area contributed by atoms with Gasteiger partial charge < -0.3 is 10.6 Å². The Morgan fingerprint density at radius 2 is 2.00 bits per heavy atom. The monoisotopic (exact) mass is 314 g/mol. The van der Waals surface area contributed by atoms with E-state index in [1.54, 1.807) is 18.2 Å². The van der Waals surface area contributed by atoms with Gasteiger partial charge >= 0.3 is 0 Å². The maximum Gasteiger partial charge on any atom is 0.251 e. The maximum atomic E-state index is 12.1. The summed E-state index contributed by atoms with van der Waals surface area (Å²) in [5, 5.41) is 7.37. The van der Waals surface area contributed by atoms with Crippen molar-refractivity contribution in [3.05, 3.63) is 33.8 Å². The van der Waals surface area contributed by atoms with Crippen molar-refractivity contribution in [1.29, 1.82) is 0 Å². The van der Waals surface area contributed by atoms with Gasteiger partial charge in [-0.25, -0.2) is 0 Å². The van der Waals surface area contributed by atoms with Crippen LogP contribution in [0.1, 0.15) is 37.0 Å². The van der Waals surface area contributed by atoms with E-state index in [0.717, 1.165) is 6.54 Å². The molecule has 1 amide bonds. The van der Waals surface area contributed by atoms with Crippen LogP contribution < -0.4 is 10.6 Å². The minimum atomic E-state index is -0.141. The van der Waals surface area contributed by atoms with Gasteiger partial charge in [-0.05, 0) is 43.0 Å². The molecule has 1 aliphatic rings. The van der Waals surface area contributed by atoms with Crippen LogP contribution in [-0.2, 0) is 0 Å². The Kier molecular flexibility index (Phi) is 4.95. The third-order valence-electron chi connectivity index (χ3n) is 3.92. The minimum Gasteiger partial charge on any atom is -0.350 e. The Bertz CT molecular complexity index is 482. The quantitative estimate of drug-likeness (QED) is 0.896. The van der Waals surface area contributed by atoms with Crippen molar-refractivity contribution in [2.24, 2.45) is 5.41 Å². The Balaban J connectivity index is 1.98. The molecular formula is C15H20Cl2N2O. The van der Waals surface area contributed by atoms with Gasteiger partial charge in [0.25, 0.3) is 5.91 Å². The smallest absolute Gasteiger partial charge is 0.251 e. The van der Waals surface area contributed by atoms with Crippen LogP contribution in [-0.4, -0.2) is 25.0 Å². The molecule has 20 heavy (non-hydrogen) atoms. The zero-order chi connectivity index (χ0) is 14.8. The van der Waals surface area contributed by atoms with Crippen LogP contribution in [0.3, 0.4) is 0 Å². The van der Waals surface area contributed by atoms with E-state index in [0.29, 0.717) is 22.2 Å². The average Bonchev–Trinajstić information content (AvgIpc) is 2.35. The highest BCUT2D eigenvalue weighted by molar-refractivity contribution is 6.35. The lowest BCUT2D eigenvalue weighted by molar-refractivity contribution is 0.0929. The minimum absolute atomic E-state index is 0.141. The number of benzene rings is 1. The molecule has 0 spiro atoms. The molecule has 2 rings (SSSR count). The van der Waals surface area contributed by atoms with Crippen molar-refractivity contribution in [1.82, 2.24) is 10.6 Å². The van der Waals surface area contributed by atoms with E-state index in [1.807, 2.05) is 0 Å². The molecule has 1 aromatic rings. The van der Waals surface area contributed by atoms with E-state index in [4.69, 9.17) is 23.2 Å². The van der Waals surface area contributed by atoms with E-state index in [-0.39, 0.29) is 17.4 Å². The van der Waals surface area contributed by atoms with Crippen molar-refractivity contribution in [2.45, 2.75) is 32.7 Å². The Morgan fingerprint density at radius 1 is 1.35 bits per heavy atom. The van der Waals surface area contributed by atoms with Gasteiger partial charge in [0.15, 0.2) is 0 Å². The summed E-state index contributed by atoms with van der Waals surface area (Å²) >= 11 is 11.8. The van der Waals surface area contributed by atoms with E-state index < -0.39 is 0 Å². The van der Waals surface area contributed by atoms with Crippen molar-refractivity contribution in [2.75, 3.05) is 13.1 Å². The van der Waals surface area contributed by atoms with Gasteiger partial charge in [-0.3, -0.25) is 4.79 Å². The summed E-state index contributed by atoms with van der Waals surface area (Å²) in [5.74, 6) is -0.141. The van der Waals surface area contributed by atoms with E-state index in [1.165, 1.54) is 12.8 Å². The number of piperidine rings is 1. The largest absolute Gasteiger partial charge is 0.350 e. The van der Waals surface area contributed by atoms with Crippen LogP contribution in [0.25, 0.3) is 0 Å². The highest BCUT2D eigenvalue weighted by atomic mass is 35.5. The summed E-state index contributed by atoms with van der Waals surface area (Å²) in [6.07, 6.45) is 2.35. The topological polar surface area (TPSA) is 41.1 Å². The van der Waals surface area contributed by atoms with Gasteiger partial charge in [0.1, 0.15) is 0 Å². The predicted molar refractivity (Wildman–Crippen MR) is 83.6 cm³/mol. The summed E-state index contributed by atoms with van der Waals surface area (Å²) in [6.45, 7) is 6.07. The van der Waals surface area contributed by atoms with Crippen LogP contribution >= 0.6 is 23.2 Å². The van der Waals surface area contributed by atoms with Gasteiger partial charge in [0.2, 0.25) is 0 Å². The maximum absolute atomic E-state index is 12.1. The lowest BCUT2D eigenvalue weighted by Crippen LogP contribution is -2.52. The molecule has 1 heterocycles. The Labute approximate surface area is 130 Å². The molecule has 0 aliphatic carbocycles. The fraction of sp³-hybridized carbons (Fsp3) is 0.533. The highest BCUT2D eigenvalue weighted by Gasteiger charge is 2.31. The Hall–Kier alpha value is -0.770. The standard InChI is InChI=1S/C15H20Cl2N2O/c1-15(2)4-3-5-18-13(15)9-19-14(20)10-6-11(16)8-12(17)7-10/h6-8,13,18H,3-5,9H2,1-2H3,(H,19,20). The molecule has 0 aromatic heterocycles. The summed E-state index contributed by atoms with van der Waals surface area (Å²) in [6, 6.07) is 5.16. The fourth-order valence-corrected chi connectivity index (χ4v) is 3.13. The zero-order valence-electron chi connectivity index (χ0n) is 11.8. The lowest BCUT2D eigenvalue weighted by atomic mass is 9.77. The van der Waals surface area contributed by atoms with Crippen LogP contribution in [0.5, 0.6) is 0 Å². The molecule has 0 saturated carbocycles. The zero-order valence-corrected chi connectivity index (χ0v) is 13.3. The molecule has 1 atom stereocenters. The SMILES string of the molecule is CC1(C)CCCNC1CNC(=O)c1cc(Cl)cc(Cl)c1. The molecule has 1 unspecified atom stereocenters. The predicted octanol–water partition coefficient (Wildman–Crippen LogP) is 3.50. The van der Waals surface area contributed by atoms with Gasteiger partial charge in [-0.15, -0.1) is 0 Å². The third-order valence-corrected chi connectivity index (χ3v) is 4.36. The van der Waals surface area contributed by atoms with E-state index in [9.17, 15) is 4.79 Å². The number of hydrogen-bond donors (Lipinski definition) is 2. The molecule has 1 aromatic carbocycles. The van der Waals surface area contributed by atoms with Crippen LogP contribution in [0.15, 0.2) is 18.2 Å². The lowest BCUT2D eigenvalue weighted by Gasteiger charge is -2.39. The molecule has 0 radical (unpaired) electrons. The first-order chi connectivity index (χ1) is 9.38.